The second-order valence-corrected chi connectivity index (χ2v) is 15.8. The van der Waals surface area contributed by atoms with E-state index in [1.807, 2.05) is 59.9 Å². The summed E-state index contributed by atoms with van der Waals surface area (Å²) in [7, 11) is 0. The number of thiophene rings is 1. The van der Waals surface area contributed by atoms with Gasteiger partial charge in [-0.05, 0) is 47.5 Å². The molecule has 0 saturated heterocycles. The van der Waals surface area contributed by atoms with Gasteiger partial charge in [-0.25, -0.2) is 15.0 Å². The summed E-state index contributed by atoms with van der Waals surface area (Å²) in [5.41, 5.74) is 11.7. The van der Waals surface area contributed by atoms with E-state index >= 15 is 0 Å². The van der Waals surface area contributed by atoms with Gasteiger partial charge in [0.1, 0.15) is 11.2 Å². The Labute approximate surface area is 337 Å². The number of aromatic nitrogens is 3. The van der Waals surface area contributed by atoms with E-state index in [1.54, 1.807) is 0 Å². The molecule has 58 heavy (non-hydrogen) atoms. The highest BCUT2D eigenvalue weighted by atomic mass is 32.1. The quantitative estimate of drug-likeness (QED) is 0.164. The lowest BCUT2D eigenvalue weighted by molar-refractivity contribution is 0.669. The molecule has 0 radical (unpaired) electrons. The van der Waals surface area contributed by atoms with E-state index in [1.165, 1.54) is 30.9 Å². The summed E-state index contributed by atoms with van der Waals surface area (Å²) in [6, 6.07) is 66.0. The van der Waals surface area contributed by atoms with Crippen LogP contribution >= 0.6 is 11.3 Å². The maximum atomic E-state index is 6.25. The Morgan fingerprint density at radius 3 is 1.81 bits per heavy atom. The van der Waals surface area contributed by atoms with Crippen LogP contribution in [0.25, 0.3) is 120 Å². The van der Waals surface area contributed by atoms with Crippen molar-refractivity contribution in [3.63, 3.8) is 0 Å². The van der Waals surface area contributed by atoms with Crippen LogP contribution in [0.5, 0.6) is 0 Å². The zero-order valence-corrected chi connectivity index (χ0v) is 31.9. The first kappa shape index (κ1) is 32.7. The van der Waals surface area contributed by atoms with Gasteiger partial charge < -0.3 is 4.42 Å². The predicted molar refractivity (Wildman–Crippen MR) is 242 cm³/mol. The molecule has 0 saturated carbocycles. The normalized spacial score (nSPS) is 11.8. The average molecular weight is 758 g/mol. The summed E-state index contributed by atoms with van der Waals surface area (Å²) in [6.45, 7) is 0. The summed E-state index contributed by atoms with van der Waals surface area (Å²) < 4.78 is 8.84. The summed E-state index contributed by atoms with van der Waals surface area (Å²) in [6.07, 6.45) is 0. The third kappa shape index (κ3) is 5.25. The second-order valence-electron chi connectivity index (χ2n) is 14.7. The Bertz CT molecular complexity index is 3550. The molecule has 0 atom stereocenters. The van der Waals surface area contributed by atoms with Crippen LogP contribution < -0.4 is 0 Å². The fourth-order valence-electron chi connectivity index (χ4n) is 8.57. The lowest BCUT2D eigenvalue weighted by Gasteiger charge is -2.13. The van der Waals surface area contributed by atoms with Gasteiger partial charge in [0.05, 0.1) is 22.6 Å². The average Bonchev–Trinajstić information content (AvgIpc) is 3.88. The minimum atomic E-state index is 0.659. The monoisotopic (exact) mass is 757 g/mol. The van der Waals surface area contributed by atoms with Crippen molar-refractivity contribution in [3.8, 4) is 56.3 Å². The van der Waals surface area contributed by atoms with Gasteiger partial charge in [-0.3, -0.25) is 0 Å². The number of nitrogens with zero attached hydrogens (tertiary/aromatic N) is 3. The molecule has 12 rings (SSSR count). The Balaban J connectivity index is 1.00. The third-order valence-electron chi connectivity index (χ3n) is 11.3. The lowest BCUT2D eigenvalue weighted by atomic mass is 9.94. The summed E-state index contributed by atoms with van der Waals surface area (Å²) in [4.78, 5) is 15.8. The molecule has 270 valence electrons. The van der Waals surface area contributed by atoms with E-state index < -0.39 is 0 Å². The second kappa shape index (κ2) is 13.1. The minimum Gasteiger partial charge on any atom is -0.456 e. The van der Waals surface area contributed by atoms with E-state index in [4.69, 9.17) is 19.4 Å². The van der Waals surface area contributed by atoms with Gasteiger partial charge in [-0.2, -0.15) is 0 Å². The number of benzene rings is 8. The van der Waals surface area contributed by atoms with Gasteiger partial charge in [0.2, 0.25) is 0 Å². The van der Waals surface area contributed by atoms with Crippen LogP contribution in [0.4, 0.5) is 0 Å². The van der Waals surface area contributed by atoms with E-state index in [2.05, 4.69) is 140 Å². The molecule has 0 aliphatic carbocycles. The molecular formula is C53H31N3OS. The van der Waals surface area contributed by atoms with Crippen LogP contribution in [0.15, 0.2) is 192 Å². The molecule has 0 aliphatic rings. The van der Waals surface area contributed by atoms with E-state index in [0.29, 0.717) is 5.82 Å². The van der Waals surface area contributed by atoms with Crippen molar-refractivity contribution in [3.05, 3.63) is 188 Å². The van der Waals surface area contributed by atoms with Crippen LogP contribution in [0.3, 0.4) is 0 Å². The van der Waals surface area contributed by atoms with Crippen LogP contribution in [-0.2, 0) is 0 Å². The van der Waals surface area contributed by atoms with Crippen LogP contribution in [0.1, 0.15) is 0 Å². The van der Waals surface area contributed by atoms with Crippen molar-refractivity contribution in [2.75, 3.05) is 0 Å². The zero-order chi connectivity index (χ0) is 38.2. The molecule has 0 spiro atoms. The van der Waals surface area contributed by atoms with Crippen molar-refractivity contribution in [2.24, 2.45) is 0 Å². The number of rotatable bonds is 5. The molecule has 0 fully saturated rings. The first-order valence-electron chi connectivity index (χ1n) is 19.4. The number of fused-ring (bicyclic) bond motifs is 10. The highest BCUT2D eigenvalue weighted by molar-refractivity contribution is 7.26. The predicted octanol–water partition coefficient (Wildman–Crippen LogP) is 14.8. The fourth-order valence-corrected chi connectivity index (χ4v) is 9.69. The molecule has 0 aliphatic heterocycles. The van der Waals surface area contributed by atoms with Gasteiger partial charge in [0, 0.05) is 69.4 Å². The Morgan fingerprint density at radius 1 is 0.362 bits per heavy atom. The van der Waals surface area contributed by atoms with Crippen LogP contribution in [-0.4, -0.2) is 15.0 Å². The van der Waals surface area contributed by atoms with Gasteiger partial charge in [0.25, 0.3) is 0 Å². The van der Waals surface area contributed by atoms with Crippen molar-refractivity contribution in [1.82, 2.24) is 15.0 Å². The highest BCUT2D eigenvalue weighted by Gasteiger charge is 2.19. The molecule has 0 unspecified atom stereocenters. The molecular weight excluding hydrogens is 727 g/mol. The van der Waals surface area contributed by atoms with Gasteiger partial charge in [0.15, 0.2) is 5.82 Å². The van der Waals surface area contributed by atoms with E-state index in [0.717, 1.165) is 83.3 Å². The van der Waals surface area contributed by atoms with Gasteiger partial charge >= 0.3 is 0 Å². The van der Waals surface area contributed by atoms with Gasteiger partial charge in [-0.15, -0.1) is 11.3 Å². The van der Waals surface area contributed by atoms with E-state index in [-0.39, 0.29) is 0 Å². The number of para-hydroxylation sites is 1. The zero-order valence-electron chi connectivity index (χ0n) is 31.1. The molecule has 4 aromatic heterocycles. The summed E-state index contributed by atoms with van der Waals surface area (Å²) in [5.74, 6) is 0.659. The lowest BCUT2D eigenvalue weighted by Crippen LogP contribution is -1.96. The Hall–Kier alpha value is -7.47. The van der Waals surface area contributed by atoms with Crippen molar-refractivity contribution < 1.29 is 4.42 Å². The maximum Gasteiger partial charge on any atom is 0.161 e. The first-order valence-corrected chi connectivity index (χ1v) is 20.2. The number of hydrogen-bond donors (Lipinski definition) is 0. The van der Waals surface area contributed by atoms with Crippen LogP contribution in [0.2, 0.25) is 0 Å². The first-order chi connectivity index (χ1) is 28.7. The Kier molecular flexibility index (Phi) is 7.37. The summed E-state index contributed by atoms with van der Waals surface area (Å²) >= 11 is 1.85. The van der Waals surface area contributed by atoms with Crippen molar-refractivity contribution >= 4 is 75.1 Å². The smallest absolute Gasteiger partial charge is 0.161 e. The molecule has 0 N–H and O–H groups in total. The standard InChI is InChI=1S/C53H31N3OS/c1-3-12-33(13-4-1)42-31-43(56-53(55-42)41-18-11-20-46-49(41)38-16-7-9-19-45(38)57-46)34-24-22-32(23-25-34)36-26-27-37-44(30-36)54-52(35-14-5-2-6-15-35)40-28-29-48-51(50(37)40)39-17-8-10-21-47(39)58-48/h1-31H. The number of hydrogen-bond acceptors (Lipinski definition) is 5. The maximum absolute atomic E-state index is 6.25. The molecule has 8 aromatic carbocycles. The summed E-state index contributed by atoms with van der Waals surface area (Å²) in [5, 5.41) is 8.25. The molecule has 4 nitrogen and oxygen atoms in total. The number of furan rings is 1. The van der Waals surface area contributed by atoms with Crippen molar-refractivity contribution in [2.45, 2.75) is 0 Å². The van der Waals surface area contributed by atoms with Crippen molar-refractivity contribution in [1.29, 1.82) is 0 Å². The molecule has 5 heteroatoms. The topological polar surface area (TPSA) is 51.8 Å². The fraction of sp³-hybridized carbons (Fsp3) is 0. The Morgan fingerprint density at radius 2 is 1.00 bits per heavy atom. The SMILES string of the molecule is c1ccc(-c2cc(-c3ccc(-c4ccc5c(c4)nc(-c4ccccc4)c4ccc6sc7ccccc7c6c45)cc3)nc(-c3cccc4oc5ccccc5c34)n2)cc1. The third-order valence-corrected chi connectivity index (χ3v) is 12.4. The molecule has 0 amide bonds. The minimum absolute atomic E-state index is 0.659. The molecule has 12 aromatic rings. The van der Waals surface area contributed by atoms with Crippen LogP contribution in [0, 0.1) is 0 Å². The highest BCUT2D eigenvalue weighted by Crippen LogP contribution is 2.44. The van der Waals surface area contributed by atoms with E-state index in [9.17, 15) is 0 Å². The molecule has 0 bridgehead atoms. The van der Waals surface area contributed by atoms with Gasteiger partial charge in [-0.1, -0.05) is 152 Å². The number of pyridine rings is 1. The largest absolute Gasteiger partial charge is 0.456 e. The molecule has 4 heterocycles.